The molecule has 5 nitrogen and oxygen atoms in total. The van der Waals surface area contributed by atoms with Crippen LogP contribution in [0.4, 0.5) is 11.6 Å². The molecule has 6 heteroatoms. The second-order valence-corrected chi connectivity index (χ2v) is 5.79. The highest BCUT2D eigenvalue weighted by Gasteiger charge is 2.18. The summed E-state index contributed by atoms with van der Waals surface area (Å²) in [5.41, 5.74) is 1.19. The number of nitrogens with zero attached hydrogens (tertiary/aromatic N) is 2. The van der Waals surface area contributed by atoms with Gasteiger partial charge in [-0.1, -0.05) is 24.4 Å². The van der Waals surface area contributed by atoms with Gasteiger partial charge in [0.05, 0.1) is 0 Å². The van der Waals surface area contributed by atoms with Crippen LogP contribution in [0.15, 0.2) is 36.5 Å². The number of carbonyl (C=O) groups is 1. The molecule has 0 atom stereocenters. The summed E-state index contributed by atoms with van der Waals surface area (Å²) < 4.78 is 0. The minimum absolute atomic E-state index is 0.145. The van der Waals surface area contributed by atoms with Gasteiger partial charge in [-0.2, -0.15) is 0 Å². The first-order valence-electron chi connectivity index (χ1n) is 7.37. The second kappa shape index (κ2) is 6.75. The van der Waals surface area contributed by atoms with E-state index in [0.717, 1.165) is 18.5 Å². The minimum Gasteiger partial charge on any atom is -0.348 e. The zero-order valence-corrected chi connectivity index (χ0v) is 12.8. The van der Waals surface area contributed by atoms with Gasteiger partial charge < -0.3 is 10.6 Å². The number of rotatable bonds is 4. The lowest BCUT2D eigenvalue weighted by Gasteiger charge is -2.12. The highest BCUT2D eigenvalue weighted by Crippen LogP contribution is 2.19. The molecule has 1 saturated carbocycles. The fourth-order valence-electron chi connectivity index (χ4n) is 2.54. The van der Waals surface area contributed by atoms with E-state index >= 15 is 0 Å². The molecule has 1 aliphatic rings. The topological polar surface area (TPSA) is 66.9 Å². The maximum atomic E-state index is 12.2. The molecule has 2 aromatic rings. The molecule has 1 aliphatic carbocycles. The highest BCUT2D eigenvalue weighted by molar-refractivity contribution is 6.30. The van der Waals surface area contributed by atoms with E-state index in [1.54, 1.807) is 24.4 Å². The Kier molecular flexibility index (Phi) is 4.53. The summed E-state index contributed by atoms with van der Waals surface area (Å²) in [5.74, 6) is 0.245. The molecule has 0 spiro atoms. The molecule has 0 aliphatic heterocycles. The molecule has 3 rings (SSSR count). The number of anilines is 2. The first kappa shape index (κ1) is 14.8. The van der Waals surface area contributed by atoms with Crippen molar-refractivity contribution in [3.63, 3.8) is 0 Å². The third-order valence-electron chi connectivity index (χ3n) is 3.68. The van der Waals surface area contributed by atoms with Gasteiger partial charge in [0.15, 0.2) is 0 Å². The maximum Gasteiger partial charge on any atom is 0.270 e. The van der Waals surface area contributed by atoms with Gasteiger partial charge in [-0.25, -0.2) is 9.97 Å². The monoisotopic (exact) mass is 316 g/mol. The van der Waals surface area contributed by atoms with Gasteiger partial charge in [-0.3, -0.25) is 4.79 Å². The van der Waals surface area contributed by atoms with Crippen molar-refractivity contribution in [1.82, 2.24) is 15.3 Å². The number of hydrogen-bond donors (Lipinski definition) is 2. The number of benzene rings is 1. The minimum atomic E-state index is -0.145. The lowest BCUT2D eigenvalue weighted by atomic mass is 10.2. The van der Waals surface area contributed by atoms with Crippen molar-refractivity contribution in [2.45, 2.75) is 31.7 Å². The Balaban J connectivity index is 1.68. The third-order valence-corrected chi connectivity index (χ3v) is 3.93. The Hall–Kier alpha value is -2.14. The Bertz CT molecular complexity index is 653. The predicted octanol–water partition coefficient (Wildman–Crippen LogP) is 3.55. The smallest absolute Gasteiger partial charge is 0.270 e. The zero-order chi connectivity index (χ0) is 15.4. The lowest BCUT2D eigenvalue weighted by molar-refractivity contribution is 0.0933. The summed E-state index contributed by atoms with van der Waals surface area (Å²) in [6, 6.07) is 9.11. The van der Waals surface area contributed by atoms with E-state index in [1.807, 2.05) is 12.1 Å². The molecule has 0 bridgehead atoms. The quantitative estimate of drug-likeness (QED) is 0.905. The van der Waals surface area contributed by atoms with Crippen LogP contribution in [-0.4, -0.2) is 21.9 Å². The fourth-order valence-corrected chi connectivity index (χ4v) is 2.66. The second-order valence-electron chi connectivity index (χ2n) is 5.35. The van der Waals surface area contributed by atoms with Crippen molar-refractivity contribution >= 4 is 29.1 Å². The Labute approximate surface area is 134 Å². The lowest BCUT2D eigenvalue weighted by Crippen LogP contribution is -2.33. The first-order chi connectivity index (χ1) is 10.7. The predicted molar refractivity (Wildman–Crippen MR) is 86.5 cm³/mol. The largest absolute Gasteiger partial charge is 0.348 e. The van der Waals surface area contributed by atoms with Crippen LogP contribution < -0.4 is 10.6 Å². The molecule has 2 N–H and O–H groups in total. The number of amides is 1. The standard InChI is InChI=1S/C16H17ClN4O/c17-11-5-7-13(8-6-11)20-16-18-10-9-14(21-16)15(22)19-12-3-1-2-4-12/h5-10,12H,1-4H2,(H,19,22)(H,18,20,21). The van der Waals surface area contributed by atoms with Gasteiger partial charge in [0.2, 0.25) is 5.95 Å². The molecular formula is C16H17ClN4O. The van der Waals surface area contributed by atoms with Crippen molar-refractivity contribution in [1.29, 1.82) is 0 Å². The number of halogens is 1. The molecule has 1 aromatic heterocycles. The third kappa shape index (κ3) is 3.74. The van der Waals surface area contributed by atoms with Crippen LogP contribution in [-0.2, 0) is 0 Å². The Morgan fingerprint density at radius 2 is 1.86 bits per heavy atom. The van der Waals surface area contributed by atoms with Gasteiger partial charge in [-0.05, 0) is 43.2 Å². The van der Waals surface area contributed by atoms with Gasteiger partial charge in [0.1, 0.15) is 5.69 Å². The summed E-state index contributed by atoms with van der Waals surface area (Å²) in [7, 11) is 0. The van der Waals surface area contributed by atoms with E-state index in [4.69, 9.17) is 11.6 Å². The van der Waals surface area contributed by atoms with Crippen molar-refractivity contribution in [2.24, 2.45) is 0 Å². The van der Waals surface area contributed by atoms with Crippen molar-refractivity contribution in [2.75, 3.05) is 5.32 Å². The number of carbonyl (C=O) groups excluding carboxylic acids is 1. The number of hydrogen-bond acceptors (Lipinski definition) is 4. The molecule has 0 saturated heterocycles. The summed E-state index contributed by atoms with van der Waals surface area (Å²) in [6.07, 6.45) is 6.03. The van der Waals surface area contributed by atoms with Crippen LogP contribution in [0.1, 0.15) is 36.2 Å². The van der Waals surface area contributed by atoms with Gasteiger partial charge >= 0.3 is 0 Å². The van der Waals surface area contributed by atoms with E-state index < -0.39 is 0 Å². The first-order valence-corrected chi connectivity index (χ1v) is 7.75. The van der Waals surface area contributed by atoms with Crippen LogP contribution >= 0.6 is 11.6 Å². The van der Waals surface area contributed by atoms with Crippen molar-refractivity contribution in [3.8, 4) is 0 Å². The number of aromatic nitrogens is 2. The molecule has 1 heterocycles. The van der Waals surface area contributed by atoms with Crippen LogP contribution in [0.5, 0.6) is 0 Å². The molecular weight excluding hydrogens is 300 g/mol. The van der Waals surface area contributed by atoms with E-state index in [1.165, 1.54) is 12.8 Å². The van der Waals surface area contributed by atoms with E-state index in [9.17, 15) is 4.79 Å². The van der Waals surface area contributed by atoms with Crippen molar-refractivity contribution in [3.05, 3.63) is 47.2 Å². The summed E-state index contributed by atoms with van der Waals surface area (Å²) in [6.45, 7) is 0. The average molecular weight is 317 g/mol. The normalized spacial score (nSPS) is 14.8. The van der Waals surface area contributed by atoms with Gasteiger partial charge in [0.25, 0.3) is 5.91 Å². The van der Waals surface area contributed by atoms with Crippen molar-refractivity contribution < 1.29 is 4.79 Å². The summed E-state index contributed by atoms with van der Waals surface area (Å²) in [4.78, 5) is 20.6. The Morgan fingerprint density at radius 1 is 1.14 bits per heavy atom. The Morgan fingerprint density at radius 3 is 2.59 bits per heavy atom. The molecule has 1 amide bonds. The SMILES string of the molecule is O=C(NC1CCCC1)c1ccnc(Nc2ccc(Cl)cc2)n1. The van der Waals surface area contributed by atoms with Crippen LogP contribution in [0.25, 0.3) is 0 Å². The van der Waals surface area contributed by atoms with E-state index in [0.29, 0.717) is 16.7 Å². The summed E-state index contributed by atoms with van der Waals surface area (Å²) in [5, 5.41) is 6.74. The highest BCUT2D eigenvalue weighted by atomic mass is 35.5. The van der Waals surface area contributed by atoms with E-state index in [2.05, 4.69) is 20.6 Å². The molecule has 0 radical (unpaired) electrons. The molecule has 22 heavy (non-hydrogen) atoms. The average Bonchev–Trinajstić information content (AvgIpc) is 3.03. The fraction of sp³-hybridized carbons (Fsp3) is 0.312. The van der Waals surface area contributed by atoms with Crippen LogP contribution in [0.2, 0.25) is 5.02 Å². The maximum absolute atomic E-state index is 12.2. The van der Waals surface area contributed by atoms with Gasteiger partial charge in [0, 0.05) is 22.9 Å². The van der Waals surface area contributed by atoms with Crippen LogP contribution in [0.3, 0.4) is 0 Å². The molecule has 1 aromatic carbocycles. The zero-order valence-electron chi connectivity index (χ0n) is 12.1. The molecule has 1 fully saturated rings. The summed E-state index contributed by atoms with van der Waals surface area (Å²) >= 11 is 5.85. The number of nitrogens with one attached hydrogen (secondary N) is 2. The van der Waals surface area contributed by atoms with E-state index in [-0.39, 0.29) is 11.9 Å². The van der Waals surface area contributed by atoms with Crippen LogP contribution in [0, 0.1) is 0 Å². The molecule has 0 unspecified atom stereocenters. The molecule has 114 valence electrons. The van der Waals surface area contributed by atoms with Gasteiger partial charge in [-0.15, -0.1) is 0 Å².